The van der Waals surface area contributed by atoms with Gasteiger partial charge in [-0.05, 0) is 117 Å². The van der Waals surface area contributed by atoms with Gasteiger partial charge >= 0.3 is 6.18 Å². The maximum atomic E-state index is 14.4. The van der Waals surface area contributed by atoms with Gasteiger partial charge in [-0.15, -0.1) is 0 Å². The van der Waals surface area contributed by atoms with Crippen molar-refractivity contribution in [2.45, 2.75) is 70.1 Å². The summed E-state index contributed by atoms with van der Waals surface area (Å²) < 4.78 is 84.5. The molecule has 0 spiro atoms. The highest BCUT2D eigenvalue weighted by atomic mass is 35.5. The third kappa shape index (κ3) is 10.3. The summed E-state index contributed by atoms with van der Waals surface area (Å²) in [6.45, 7) is 9.49. The van der Waals surface area contributed by atoms with Gasteiger partial charge in [0.15, 0.2) is 0 Å². The van der Waals surface area contributed by atoms with Crippen LogP contribution in [0.15, 0.2) is 89.5 Å². The van der Waals surface area contributed by atoms with Gasteiger partial charge in [0.1, 0.15) is 23.1 Å². The van der Waals surface area contributed by atoms with Crippen molar-refractivity contribution in [3.63, 3.8) is 0 Å². The van der Waals surface area contributed by atoms with Gasteiger partial charge in [0.05, 0.1) is 33.0 Å². The predicted molar refractivity (Wildman–Crippen MR) is 264 cm³/mol. The number of halogens is 4. The number of ether oxygens (including phenoxy) is 2. The zero-order chi connectivity index (χ0) is 49.5. The van der Waals surface area contributed by atoms with Gasteiger partial charge in [-0.1, -0.05) is 43.2 Å². The molecule has 3 aliphatic heterocycles. The number of nitro groups is 1. The molecule has 0 radical (unpaired) electrons. The van der Waals surface area contributed by atoms with E-state index in [4.69, 9.17) is 26.1 Å². The van der Waals surface area contributed by atoms with E-state index in [1.54, 1.807) is 30.5 Å². The Kier molecular flexibility index (Phi) is 13.8. The number of anilines is 4. The van der Waals surface area contributed by atoms with Crippen LogP contribution in [0.25, 0.3) is 16.6 Å². The third-order valence-corrected chi connectivity index (χ3v) is 16.0. The Hall–Kier alpha value is -5.89. The lowest BCUT2D eigenvalue weighted by Gasteiger charge is -2.42. The average Bonchev–Trinajstić information content (AvgIpc) is 3.80. The van der Waals surface area contributed by atoms with Crippen molar-refractivity contribution in [3.8, 4) is 5.88 Å². The largest absolute Gasteiger partial charge is 0.471 e. The van der Waals surface area contributed by atoms with E-state index >= 15 is 0 Å². The number of hydrogen-bond acceptors (Lipinski definition) is 12. The van der Waals surface area contributed by atoms with E-state index in [1.165, 1.54) is 26.0 Å². The lowest BCUT2D eigenvalue weighted by Crippen LogP contribution is -2.47. The van der Waals surface area contributed by atoms with Crippen LogP contribution in [0.2, 0.25) is 5.02 Å². The van der Waals surface area contributed by atoms with Crippen LogP contribution in [0.3, 0.4) is 0 Å². The first-order chi connectivity index (χ1) is 33.3. The Labute approximate surface area is 409 Å². The molecule has 70 heavy (non-hydrogen) atoms. The van der Waals surface area contributed by atoms with Crippen molar-refractivity contribution >= 4 is 72.6 Å². The molecule has 2 fully saturated rings. The number of amides is 1. The molecule has 20 heteroatoms. The predicted octanol–water partition coefficient (Wildman–Crippen LogP) is 9.97. The second kappa shape index (κ2) is 19.7. The maximum absolute atomic E-state index is 14.4. The standard InChI is InChI=1S/C50H56ClF3N8O7S/c1-31-29-61(45-24-34-14-17-55-46(34)57-48(45)69-31)43-26-38(10-12-40(43)47(63)58-70(66,67)39-11-13-42(44(27-39)62(64)65)56-28-32-15-22-68-23-16-32)60-20-18-59(19-21-60)30-35-4-7-36(49(2,3)50(52,53)54)25-41(35)33-5-8-37(51)9-6-33/h5-6,8-14,17,24,26-27,31-32,36,56H,4,7,15-16,18-23,25,28-30H2,1-3H3,(H,55,57)(H,58,63)/t31-,36+/m1/s1. The summed E-state index contributed by atoms with van der Waals surface area (Å²) in [6.07, 6.45) is -0.0907. The van der Waals surface area contributed by atoms with Crippen LogP contribution in [0.1, 0.15) is 68.8 Å². The van der Waals surface area contributed by atoms with Crippen molar-refractivity contribution in [2.75, 3.05) is 74.1 Å². The minimum absolute atomic E-state index is 0.0374. The molecule has 5 aromatic rings. The number of hydrogen-bond donors (Lipinski definition) is 3. The second-order valence-corrected chi connectivity index (χ2v) is 21.4. The summed E-state index contributed by atoms with van der Waals surface area (Å²) in [5.41, 5.74) is 3.21. The smallest absolute Gasteiger partial charge is 0.394 e. The van der Waals surface area contributed by atoms with E-state index in [9.17, 15) is 36.5 Å². The molecule has 2 atom stereocenters. The number of carbonyl (C=O) groups excluding carboxylic acids is 1. The van der Waals surface area contributed by atoms with Crippen molar-refractivity contribution in [1.82, 2.24) is 19.6 Å². The second-order valence-electron chi connectivity index (χ2n) is 19.3. The molecular formula is C50H56ClF3N8O7S. The SMILES string of the molecule is C[C@@H]1CN(c2cc(N3CCN(CC4=C(c5ccc(Cl)cc5)C[C@@H](C(C)(C)C(F)(F)F)CC4)CC3)ccc2C(=O)NS(=O)(=O)c2ccc(NCC3CCOCC3)c([N+](=O)[O-])c2)c2cc3cc[nH]c3nc2O1. The first kappa shape index (κ1) is 49.1. The number of carbonyl (C=O) groups is 1. The molecule has 1 aliphatic carbocycles. The zero-order valence-electron chi connectivity index (χ0n) is 39.2. The van der Waals surface area contributed by atoms with Crippen LogP contribution in [-0.2, 0) is 14.8 Å². The molecule has 3 N–H and O–H groups in total. The van der Waals surface area contributed by atoms with Gasteiger partial charge in [-0.2, -0.15) is 18.2 Å². The van der Waals surface area contributed by atoms with Crippen LogP contribution in [0, 0.1) is 27.4 Å². The van der Waals surface area contributed by atoms with Crippen LogP contribution < -0.4 is 24.6 Å². The summed E-state index contributed by atoms with van der Waals surface area (Å²) in [6, 6.07) is 19.8. The van der Waals surface area contributed by atoms with Gasteiger partial charge in [0.25, 0.3) is 21.6 Å². The highest BCUT2D eigenvalue weighted by Gasteiger charge is 2.52. The number of sulfonamides is 1. The third-order valence-electron chi connectivity index (χ3n) is 14.4. The number of benzene rings is 3. The molecule has 1 amide bonds. The molecule has 0 saturated carbocycles. The Morgan fingerprint density at radius 1 is 0.971 bits per heavy atom. The molecular weight excluding hydrogens is 949 g/mol. The molecule has 2 aromatic heterocycles. The first-order valence-electron chi connectivity index (χ1n) is 23.6. The Morgan fingerprint density at radius 3 is 2.43 bits per heavy atom. The number of nitrogens with zero attached hydrogens (tertiary/aromatic N) is 5. The van der Waals surface area contributed by atoms with Crippen molar-refractivity contribution in [1.29, 1.82) is 0 Å². The van der Waals surface area contributed by atoms with Crippen LogP contribution in [-0.4, -0.2) is 105 Å². The van der Waals surface area contributed by atoms with E-state index in [-0.39, 0.29) is 29.8 Å². The fourth-order valence-electron chi connectivity index (χ4n) is 10.0. The zero-order valence-corrected chi connectivity index (χ0v) is 40.7. The fourth-order valence-corrected chi connectivity index (χ4v) is 11.1. The van der Waals surface area contributed by atoms with E-state index in [1.807, 2.05) is 42.2 Å². The normalized spacial score (nSPS) is 19.8. The van der Waals surface area contributed by atoms with Gasteiger partial charge in [0, 0.05) is 80.8 Å². The summed E-state index contributed by atoms with van der Waals surface area (Å²) in [4.78, 5) is 39.7. The van der Waals surface area contributed by atoms with Gasteiger partial charge in [-0.3, -0.25) is 19.8 Å². The first-order valence-corrected chi connectivity index (χ1v) is 25.4. The van der Waals surface area contributed by atoms with Crippen LogP contribution >= 0.6 is 11.6 Å². The highest BCUT2D eigenvalue weighted by Crippen LogP contribution is 2.52. The van der Waals surface area contributed by atoms with E-state index in [0.29, 0.717) is 99.7 Å². The number of nitro benzene ring substituents is 1. The number of fused-ring (bicyclic) bond motifs is 2. The number of piperazine rings is 1. The van der Waals surface area contributed by atoms with E-state index in [2.05, 4.69) is 24.8 Å². The minimum Gasteiger partial charge on any atom is -0.471 e. The number of rotatable bonds is 13. The molecule has 372 valence electrons. The molecule has 5 heterocycles. The number of alkyl halides is 3. The molecule has 4 aliphatic rings. The molecule has 0 unspecified atom stereocenters. The fraction of sp³-hybridized carbons (Fsp3) is 0.440. The van der Waals surface area contributed by atoms with Crippen molar-refractivity contribution in [3.05, 3.63) is 111 Å². The number of pyridine rings is 1. The molecule has 0 bridgehead atoms. The molecule has 15 nitrogen and oxygen atoms in total. The Bertz CT molecular complexity index is 2920. The van der Waals surface area contributed by atoms with Crippen LogP contribution in [0.5, 0.6) is 5.88 Å². The quantitative estimate of drug-likeness (QED) is 0.0753. The van der Waals surface area contributed by atoms with Crippen LogP contribution in [0.4, 0.5) is 41.6 Å². The summed E-state index contributed by atoms with van der Waals surface area (Å²) in [5.74, 6) is -0.946. The maximum Gasteiger partial charge on any atom is 0.394 e. The average molecular weight is 1010 g/mol. The van der Waals surface area contributed by atoms with Crippen molar-refractivity contribution < 1.29 is 40.8 Å². The summed E-state index contributed by atoms with van der Waals surface area (Å²) in [5, 5.41) is 16.7. The number of aromatic amines is 1. The van der Waals surface area contributed by atoms with Crippen molar-refractivity contribution in [2.24, 2.45) is 17.3 Å². The highest BCUT2D eigenvalue weighted by molar-refractivity contribution is 7.90. The number of nitrogens with one attached hydrogen (secondary N) is 3. The van der Waals surface area contributed by atoms with Gasteiger partial charge in [-0.25, -0.2) is 13.1 Å². The van der Waals surface area contributed by atoms with E-state index in [0.717, 1.165) is 46.7 Å². The Balaban J connectivity index is 0.981. The lowest BCUT2D eigenvalue weighted by molar-refractivity contribution is -0.384. The number of allylic oxidation sites excluding steroid dienone is 1. The molecule has 9 rings (SSSR count). The lowest BCUT2D eigenvalue weighted by atomic mass is 9.68. The monoisotopic (exact) mass is 1000 g/mol. The molecule has 3 aromatic carbocycles. The summed E-state index contributed by atoms with van der Waals surface area (Å²) in [7, 11) is -4.63. The van der Waals surface area contributed by atoms with Gasteiger partial charge in [0.2, 0.25) is 5.88 Å². The number of aromatic nitrogens is 2. The minimum atomic E-state index is -4.63. The van der Waals surface area contributed by atoms with E-state index < -0.39 is 48.9 Å². The van der Waals surface area contributed by atoms with Gasteiger partial charge < -0.3 is 29.6 Å². The topological polar surface area (TPSA) is 175 Å². The number of H-pyrrole nitrogens is 1. The summed E-state index contributed by atoms with van der Waals surface area (Å²) >= 11 is 6.23. The molecule has 2 saturated heterocycles. The Morgan fingerprint density at radius 2 is 1.71 bits per heavy atom.